The maximum absolute atomic E-state index is 13.9. The minimum absolute atomic E-state index is 0.144. The summed E-state index contributed by atoms with van der Waals surface area (Å²) in [6.07, 6.45) is 5.07. The average molecular weight is 263 g/mol. The second-order valence-corrected chi connectivity index (χ2v) is 5.90. The van der Waals surface area contributed by atoms with Crippen LogP contribution >= 0.6 is 0 Å². The van der Waals surface area contributed by atoms with Crippen molar-refractivity contribution >= 4 is 5.69 Å². The molecule has 0 saturated heterocycles. The van der Waals surface area contributed by atoms with Gasteiger partial charge in [0.25, 0.3) is 0 Å². The number of anilines is 1. The molecule has 0 aromatic heterocycles. The predicted molar refractivity (Wildman–Crippen MR) is 74.9 cm³/mol. The second kappa shape index (κ2) is 4.78. The van der Waals surface area contributed by atoms with Crippen LogP contribution in [-0.4, -0.2) is 18.8 Å². The smallest absolute Gasteiger partial charge is 0.146 e. The van der Waals surface area contributed by atoms with Crippen LogP contribution in [-0.2, 0) is 4.74 Å². The van der Waals surface area contributed by atoms with Crippen molar-refractivity contribution in [3.05, 3.63) is 29.6 Å². The van der Waals surface area contributed by atoms with Crippen LogP contribution in [0.3, 0.4) is 0 Å². The third-order valence-corrected chi connectivity index (χ3v) is 4.98. The molecule has 2 saturated carbocycles. The van der Waals surface area contributed by atoms with Crippen LogP contribution < -0.4 is 5.32 Å². The van der Waals surface area contributed by atoms with Gasteiger partial charge in [-0.15, -0.1) is 0 Å². The van der Waals surface area contributed by atoms with E-state index < -0.39 is 0 Å². The van der Waals surface area contributed by atoms with Crippen molar-refractivity contribution in [1.29, 1.82) is 0 Å². The first kappa shape index (κ1) is 12.9. The van der Waals surface area contributed by atoms with E-state index in [2.05, 4.69) is 5.32 Å². The molecule has 1 aromatic rings. The molecule has 3 rings (SSSR count). The molecule has 2 unspecified atom stereocenters. The Kier molecular flexibility index (Phi) is 3.25. The van der Waals surface area contributed by atoms with Gasteiger partial charge in [0, 0.05) is 18.1 Å². The lowest BCUT2D eigenvalue weighted by atomic mass is 9.51. The molecule has 1 aromatic carbocycles. The first-order valence-corrected chi connectivity index (χ1v) is 7.30. The zero-order valence-electron chi connectivity index (χ0n) is 11.7. The van der Waals surface area contributed by atoms with Crippen molar-refractivity contribution in [2.75, 3.05) is 11.9 Å². The van der Waals surface area contributed by atoms with E-state index in [1.54, 1.807) is 6.07 Å². The quantitative estimate of drug-likeness (QED) is 0.889. The van der Waals surface area contributed by atoms with Crippen molar-refractivity contribution in [2.24, 2.45) is 5.41 Å². The molecular weight excluding hydrogens is 241 g/mol. The highest BCUT2D eigenvalue weighted by Crippen LogP contribution is 2.58. The zero-order valence-corrected chi connectivity index (χ0v) is 11.7. The molecule has 0 aliphatic heterocycles. The summed E-state index contributed by atoms with van der Waals surface area (Å²) in [5.41, 5.74) is 1.92. The molecule has 2 atom stereocenters. The van der Waals surface area contributed by atoms with Gasteiger partial charge in [-0.3, -0.25) is 0 Å². The van der Waals surface area contributed by atoms with Crippen LogP contribution in [0, 0.1) is 18.2 Å². The Labute approximate surface area is 114 Å². The van der Waals surface area contributed by atoms with Crippen LogP contribution in [0.25, 0.3) is 0 Å². The van der Waals surface area contributed by atoms with Crippen LogP contribution in [0.15, 0.2) is 18.2 Å². The third kappa shape index (κ3) is 1.95. The Bertz CT molecular complexity index is 450. The summed E-state index contributed by atoms with van der Waals surface area (Å²) in [7, 11) is 0. The fourth-order valence-electron chi connectivity index (χ4n) is 3.63. The van der Waals surface area contributed by atoms with Crippen molar-refractivity contribution in [3.63, 3.8) is 0 Å². The summed E-state index contributed by atoms with van der Waals surface area (Å²) in [5.74, 6) is -0.144. The summed E-state index contributed by atoms with van der Waals surface area (Å²) in [6, 6.07) is 5.62. The van der Waals surface area contributed by atoms with Gasteiger partial charge < -0.3 is 10.1 Å². The van der Waals surface area contributed by atoms with E-state index in [1.165, 1.54) is 25.3 Å². The van der Waals surface area contributed by atoms with Crippen molar-refractivity contribution in [1.82, 2.24) is 0 Å². The molecule has 19 heavy (non-hydrogen) atoms. The van der Waals surface area contributed by atoms with Gasteiger partial charge >= 0.3 is 0 Å². The highest BCUT2D eigenvalue weighted by atomic mass is 19.1. The Morgan fingerprint density at radius 3 is 2.79 bits per heavy atom. The van der Waals surface area contributed by atoms with Crippen molar-refractivity contribution in [3.8, 4) is 0 Å². The molecule has 104 valence electrons. The topological polar surface area (TPSA) is 21.3 Å². The van der Waals surface area contributed by atoms with Gasteiger partial charge in [-0.1, -0.05) is 18.6 Å². The number of hydrogen-bond acceptors (Lipinski definition) is 2. The van der Waals surface area contributed by atoms with Gasteiger partial charge in [0.2, 0.25) is 0 Å². The minimum atomic E-state index is -0.144. The molecule has 1 N–H and O–H groups in total. The lowest BCUT2D eigenvalue weighted by Gasteiger charge is -2.61. The average Bonchev–Trinajstić information content (AvgIpc) is 2.29. The maximum Gasteiger partial charge on any atom is 0.146 e. The van der Waals surface area contributed by atoms with Gasteiger partial charge in [0.1, 0.15) is 5.82 Å². The van der Waals surface area contributed by atoms with Crippen LogP contribution in [0.4, 0.5) is 10.1 Å². The summed E-state index contributed by atoms with van der Waals surface area (Å²) >= 11 is 0. The van der Waals surface area contributed by atoms with E-state index in [-0.39, 0.29) is 11.2 Å². The van der Waals surface area contributed by atoms with E-state index in [4.69, 9.17) is 4.74 Å². The molecule has 2 aliphatic carbocycles. The number of nitrogens with one attached hydrogen (secondary N) is 1. The Morgan fingerprint density at radius 1 is 1.42 bits per heavy atom. The summed E-state index contributed by atoms with van der Waals surface area (Å²) in [5, 5.41) is 3.44. The van der Waals surface area contributed by atoms with E-state index in [0.717, 1.165) is 18.6 Å². The monoisotopic (exact) mass is 263 g/mol. The van der Waals surface area contributed by atoms with Crippen LogP contribution in [0.1, 0.15) is 38.2 Å². The number of benzene rings is 1. The van der Waals surface area contributed by atoms with E-state index in [0.29, 0.717) is 17.8 Å². The van der Waals surface area contributed by atoms with E-state index in [9.17, 15) is 4.39 Å². The first-order valence-electron chi connectivity index (χ1n) is 7.30. The molecule has 3 heteroatoms. The molecule has 0 radical (unpaired) electrons. The molecule has 2 nitrogen and oxygen atoms in total. The Hall–Kier alpha value is -1.09. The Morgan fingerprint density at radius 2 is 2.21 bits per heavy atom. The lowest BCUT2D eigenvalue weighted by molar-refractivity contribution is -0.157. The van der Waals surface area contributed by atoms with Gasteiger partial charge in [-0.2, -0.15) is 0 Å². The first-order chi connectivity index (χ1) is 9.17. The summed E-state index contributed by atoms with van der Waals surface area (Å²) in [4.78, 5) is 0. The lowest BCUT2D eigenvalue weighted by Crippen LogP contribution is -2.64. The number of aryl methyl sites for hydroxylation is 1. The Balaban J connectivity index is 1.75. The van der Waals surface area contributed by atoms with E-state index >= 15 is 0 Å². The van der Waals surface area contributed by atoms with Crippen LogP contribution in [0.5, 0.6) is 0 Å². The molecule has 1 spiro atoms. The number of para-hydroxylation sites is 1. The highest BCUT2D eigenvalue weighted by molar-refractivity contribution is 5.53. The summed E-state index contributed by atoms with van der Waals surface area (Å²) < 4.78 is 19.7. The van der Waals surface area contributed by atoms with Crippen LogP contribution in [0.2, 0.25) is 0 Å². The number of rotatable bonds is 4. The molecular formula is C16H22FNO. The summed E-state index contributed by atoms with van der Waals surface area (Å²) in [6.45, 7) is 4.78. The molecule has 2 aliphatic rings. The third-order valence-electron chi connectivity index (χ3n) is 4.98. The second-order valence-electron chi connectivity index (χ2n) is 5.90. The fraction of sp³-hybridized carbons (Fsp3) is 0.625. The SMILES string of the molecule is CCOC1CC(Nc2c(C)cccc2F)C12CCC2. The number of halogens is 1. The molecule has 0 heterocycles. The normalized spacial score (nSPS) is 27.7. The predicted octanol–water partition coefficient (Wildman–Crippen LogP) is 3.89. The van der Waals surface area contributed by atoms with E-state index in [1.807, 2.05) is 19.9 Å². The minimum Gasteiger partial charge on any atom is -0.379 e. The standard InChI is InChI=1S/C16H22FNO/c1-3-19-14-10-13(16(14)8-5-9-16)18-15-11(2)6-4-7-12(15)17/h4,6-7,13-14,18H,3,5,8-10H2,1-2H3. The highest BCUT2D eigenvalue weighted by Gasteiger charge is 2.59. The molecule has 0 bridgehead atoms. The van der Waals surface area contributed by atoms with Crippen molar-refractivity contribution < 1.29 is 9.13 Å². The maximum atomic E-state index is 13.9. The number of hydrogen-bond donors (Lipinski definition) is 1. The molecule has 0 amide bonds. The van der Waals surface area contributed by atoms with Crippen molar-refractivity contribution in [2.45, 2.75) is 51.7 Å². The largest absolute Gasteiger partial charge is 0.379 e. The van der Waals surface area contributed by atoms with Gasteiger partial charge in [-0.05, 0) is 44.7 Å². The molecule has 2 fully saturated rings. The number of ether oxygens (including phenoxy) is 1. The van der Waals surface area contributed by atoms with Gasteiger partial charge in [0.15, 0.2) is 0 Å². The fourth-order valence-corrected chi connectivity index (χ4v) is 3.63. The van der Waals surface area contributed by atoms with Gasteiger partial charge in [0.05, 0.1) is 11.8 Å². The van der Waals surface area contributed by atoms with Gasteiger partial charge in [-0.25, -0.2) is 4.39 Å². The zero-order chi connectivity index (χ0) is 13.5.